The van der Waals surface area contributed by atoms with E-state index < -0.39 is 0 Å². The second-order valence-corrected chi connectivity index (χ2v) is 3.60. The molecule has 0 heterocycles. The van der Waals surface area contributed by atoms with Gasteiger partial charge in [0.05, 0.1) is 19.1 Å². The minimum atomic E-state index is -0.248. The van der Waals surface area contributed by atoms with Gasteiger partial charge < -0.3 is 9.47 Å². The number of allylic oxidation sites excluding steroid dienone is 1. The Hall–Kier alpha value is -0.830. The van der Waals surface area contributed by atoms with Gasteiger partial charge in [-0.05, 0) is 12.3 Å². The van der Waals surface area contributed by atoms with Crippen LogP contribution in [-0.2, 0) is 14.3 Å². The van der Waals surface area contributed by atoms with Gasteiger partial charge in [0.15, 0.2) is 0 Å². The summed E-state index contributed by atoms with van der Waals surface area (Å²) in [5.74, 6) is -0.197. The number of esters is 1. The SMILES string of the molecule is C=CC[C@H](C(=O)OC)[C@@H](OC)C(C)C. The van der Waals surface area contributed by atoms with Gasteiger partial charge in [-0.15, -0.1) is 6.58 Å². The number of carbonyl (C=O) groups excluding carboxylic acids is 1. The molecule has 0 spiro atoms. The molecule has 14 heavy (non-hydrogen) atoms. The summed E-state index contributed by atoms with van der Waals surface area (Å²) < 4.78 is 10.0. The summed E-state index contributed by atoms with van der Waals surface area (Å²) in [4.78, 5) is 11.5. The van der Waals surface area contributed by atoms with Crippen molar-refractivity contribution < 1.29 is 14.3 Å². The maximum atomic E-state index is 11.5. The Kier molecular flexibility index (Phi) is 6.21. The van der Waals surface area contributed by atoms with Crippen LogP contribution in [0.5, 0.6) is 0 Å². The normalized spacial score (nSPS) is 14.9. The predicted octanol–water partition coefficient (Wildman–Crippen LogP) is 2.02. The number of hydrogen-bond acceptors (Lipinski definition) is 3. The standard InChI is InChI=1S/C11H20O3/c1-6-7-9(11(12)14-5)10(13-4)8(2)3/h6,8-10H,1,7H2,2-5H3/t9-,10-/m0/s1. The zero-order chi connectivity index (χ0) is 11.1. The minimum Gasteiger partial charge on any atom is -0.469 e. The van der Waals surface area contributed by atoms with Gasteiger partial charge in [-0.25, -0.2) is 0 Å². The number of hydrogen-bond donors (Lipinski definition) is 0. The Labute approximate surface area is 86.1 Å². The average molecular weight is 200 g/mol. The summed E-state index contributed by atoms with van der Waals surface area (Å²) in [7, 11) is 3.01. The molecule has 0 unspecified atom stereocenters. The van der Waals surface area contributed by atoms with Crippen molar-refractivity contribution in [2.75, 3.05) is 14.2 Å². The molecule has 3 nitrogen and oxygen atoms in total. The Balaban J connectivity index is 4.58. The largest absolute Gasteiger partial charge is 0.469 e. The lowest BCUT2D eigenvalue weighted by Gasteiger charge is -2.26. The van der Waals surface area contributed by atoms with Crippen molar-refractivity contribution in [3.8, 4) is 0 Å². The maximum Gasteiger partial charge on any atom is 0.311 e. The molecular formula is C11H20O3. The highest BCUT2D eigenvalue weighted by molar-refractivity contribution is 5.73. The van der Waals surface area contributed by atoms with Crippen LogP contribution in [0.1, 0.15) is 20.3 Å². The monoisotopic (exact) mass is 200 g/mol. The molecule has 0 aromatic carbocycles. The van der Waals surface area contributed by atoms with Crippen LogP contribution in [-0.4, -0.2) is 26.3 Å². The molecule has 0 fully saturated rings. The van der Waals surface area contributed by atoms with E-state index >= 15 is 0 Å². The summed E-state index contributed by atoms with van der Waals surface area (Å²) in [6, 6.07) is 0. The third-order valence-corrected chi connectivity index (χ3v) is 2.25. The van der Waals surface area contributed by atoms with Gasteiger partial charge in [0.25, 0.3) is 0 Å². The van der Waals surface area contributed by atoms with Gasteiger partial charge in [0.2, 0.25) is 0 Å². The molecule has 0 aromatic heterocycles. The lowest BCUT2D eigenvalue weighted by atomic mass is 9.90. The first kappa shape index (κ1) is 13.2. The van der Waals surface area contributed by atoms with Crippen LogP contribution < -0.4 is 0 Å². The van der Waals surface area contributed by atoms with Crippen LogP contribution in [0.2, 0.25) is 0 Å². The van der Waals surface area contributed by atoms with Crippen LogP contribution in [0.3, 0.4) is 0 Å². The van der Waals surface area contributed by atoms with Crippen LogP contribution in [0.25, 0.3) is 0 Å². The van der Waals surface area contributed by atoms with Gasteiger partial charge in [-0.2, -0.15) is 0 Å². The quantitative estimate of drug-likeness (QED) is 0.486. The zero-order valence-electron chi connectivity index (χ0n) is 9.45. The van der Waals surface area contributed by atoms with E-state index in [1.54, 1.807) is 13.2 Å². The molecule has 82 valence electrons. The first-order chi connectivity index (χ1) is 6.58. The molecule has 0 N–H and O–H groups in total. The Morgan fingerprint density at radius 2 is 2.00 bits per heavy atom. The van der Waals surface area contributed by atoms with E-state index in [0.29, 0.717) is 6.42 Å². The summed E-state index contributed by atoms with van der Waals surface area (Å²) in [5, 5.41) is 0. The molecule has 0 saturated heterocycles. The lowest BCUT2D eigenvalue weighted by Crippen LogP contribution is -2.34. The van der Waals surface area contributed by atoms with E-state index in [1.807, 2.05) is 13.8 Å². The number of rotatable bonds is 6. The van der Waals surface area contributed by atoms with Crippen molar-refractivity contribution in [3.63, 3.8) is 0 Å². The van der Waals surface area contributed by atoms with Crippen molar-refractivity contribution in [2.24, 2.45) is 11.8 Å². The summed E-state index contributed by atoms with van der Waals surface area (Å²) >= 11 is 0. The number of carbonyl (C=O) groups is 1. The Bertz CT molecular complexity index is 187. The van der Waals surface area contributed by atoms with E-state index in [9.17, 15) is 4.79 Å². The molecule has 0 aliphatic carbocycles. The van der Waals surface area contributed by atoms with Gasteiger partial charge >= 0.3 is 5.97 Å². The van der Waals surface area contributed by atoms with E-state index in [4.69, 9.17) is 9.47 Å². The maximum absolute atomic E-state index is 11.5. The second-order valence-electron chi connectivity index (χ2n) is 3.60. The Morgan fingerprint density at radius 3 is 2.29 bits per heavy atom. The molecule has 0 radical (unpaired) electrons. The number of methoxy groups -OCH3 is 2. The first-order valence-electron chi connectivity index (χ1n) is 4.80. The fourth-order valence-electron chi connectivity index (χ4n) is 1.60. The van der Waals surface area contributed by atoms with Crippen molar-refractivity contribution in [1.82, 2.24) is 0 Å². The predicted molar refractivity (Wildman–Crippen MR) is 56.0 cm³/mol. The van der Waals surface area contributed by atoms with Crippen molar-refractivity contribution in [1.29, 1.82) is 0 Å². The fraction of sp³-hybridized carbons (Fsp3) is 0.727. The topological polar surface area (TPSA) is 35.5 Å². The average Bonchev–Trinajstić information content (AvgIpc) is 2.16. The van der Waals surface area contributed by atoms with Crippen LogP contribution in [0.4, 0.5) is 0 Å². The first-order valence-corrected chi connectivity index (χ1v) is 4.80. The molecule has 3 heteroatoms. The number of ether oxygens (including phenoxy) is 2. The van der Waals surface area contributed by atoms with Crippen molar-refractivity contribution >= 4 is 5.97 Å². The third kappa shape index (κ3) is 3.50. The smallest absolute Gasteiger partial charge is 0.311 e. The van der Waals surface area contributed by atoms with Gasteiger partial charge in [-0.1, -0.05) is 19.9 Å². The van der Waals surface area contributed by atoms with Crippen molar-refractivity contribution in [2.45, 2.75) is 26.4 Å². The molecule has 0 rings (SSSR count). The van der Waals surface area contributed by atoms with E-state index in [2.05, 4.69) is 6.58 Å². The lowest BCUT2D eigenvalue weighted by molar-refractivity contribution is -0.151. The van der Waals surface area contributed by atoms with E-state index in [1.165, 1.54) is 7.11 Å². The van der Waals surface area contributed by atoms with Crippen LogP contribution in [0.15, 0.2) is 12.7 Å². The van der Waals surface area contributed by atoms with Gasteiger partial charge in [-0.3, -0.25) is 4.79 Å². The van der Waals surface area contributed by atoms with Gasteiger partial charge in [0.1, 0.15) is 0 Å². The highest BCUT2D eigenvalue weighted by Gasteiger charge is 2.30. The van der Waals surface area contributed by atoms with E-state index in [0.717, 1.165) is 0 Å². The van der Waals surface area contributed by atoms with Crippen LogP contribution >= 0.6 is 0 Å². The summed E-state index contributed by atoms with van der Waals surface area (Å²) in [6.45, 7) is 7.67. The Morgan fingerprint density at radius 1 is 1.43 bits per heavy atom. The van der Waals surface area contributed by atoms with E-state index in [-0.39, 0.29) is 23.9 Å². The molecule has 0 saturated carbocycles. The molecule has 0 aliphatic heterocycles. The summed E-state index contributed by atoms with van der Waals surface area (Å²) in [5.41, 5.74) is 0. The molecule has 0 aromatic rings. The highest BCUT2D eigenvalue weighted by Crippen LogP contribution is 2.21. The highest BCUT2D eigenvalue weighted by atomic mass is 16.5. The molecule has 0 aliphatic rings. The molecule has 0 bridgehead atoms. The zero-order valence-corrected chi connectivity index (χ0v) is 9.45. The van der Waals surface area contributed by atoms with Crippen LogP contribution in [0, 0.1) is 11.8 Å². The second kappa shape index (κ2) is 6.60. The fourth-order valence-corrected chi connectivity index (χ4v) is 1.60. The third-order valence-electron chi connectivity index (χ3n) is 2.25. The van der Waals surface area contributed by atoms with Gasteiger partial charge in [0, 0.05) is 7.11 Å². The minimum absolute atomic E-state index is 0.111. The van der Waals surface area contributed by atoms with Crippen molar-refractivity contribution in [3.05, 3.63) is 12.7 Å². The molecule has 0 amide bonds. The molecular weight excluding hydrogens is 180 g/mol. The summed E-state index contributed by atoms with van der Waals surface area (Å²) in [6.07, 6.45) is 2.19. The molecule has 2 atom stereocenters.